The van der Waals surface area contributed by atoms with E-state index in [1.807, 2.05) is 12.1 Å². The second kappa shape index (κ2) is 8.27. The van der Waals surface area contributed by atoms with E-state index in [0.717, 1.165) is 5.56 Å². The summed E-state index contributed by atoms with van der Waals surface area (Å²) in [5, 5.41) is 8.69. The normalized spacial score (nSPS) is 10.3. The van der Waals surface area contributed by atoms with E-state index in [1.54, 1.807) is 0 Å². The molecule has 2 aromatic rings. The van der Waals surface area contributed by atoms with Gasteiger partial charge in [0.2, 0.25) is 0 Å². The predicted molar refractivity (Wildman–Crippen MR) is 89.0 cm³/mol. The zero-order valence-electron chi connectivity index (χ0n) is 12.8. The van der Waals surface area contributed by atoms with Gasteiger partial charge >= 0.3 is 0 Å². The Kier molecular flexibility index (Phi) is 6.03. The Labute approximate surface area is 128 Å². The van der Waals surface area contributed by atoms with Crippen molar-refractivity contribution in [3.63, 3.8) is 0 Å². The fraction of sp³-hybridized carbons (Fsp3) is 0.350. The number of nitriles is 1. The van der Waals surface area contributed by atoms with Crippen LogP contribution in [-0.4, -0.2) is 0 Å². The molecule has 0 aliphatic carbocycles. The van der Waals surface area contributed by atoms with E-state index in [1.165, 1.54) is 48.8 Å². The highest BCUT2D eigenvalue weighted by Crippen LogP contribution is 2.21. The maximum atomic E-state index is 8.69. The van der Waals surface area contributed by atoms with Gasteiger partial charge in [-0.1, -0.05) is 74.7 Å². The molecule has 0 aliphatic rings. The summed E-state index contributed by atoms with van der Waals surface area (Å²) < 4.78 is 0. The molecule has 0 aromatic heterocycles. The minimum atomic E-state index is 0.483. The lowest BCUT2D eigenvalue weighted by atomic mass is 10.00. The summed E-state index contributed by atoms with van der Waals surface area (Å²) in [6.45, 7) is 2.25. The van der Waals surface area contributed by atoms with Crippen LogP contribution in [0.2, 0.25) is 0 Å². The average molecular weight is 277 g/mol. The van der Waals surface area contributed by atoms with E-state index in [2.05, 4.69) is 49.4 Å². The van der Waals surface area contributed by atoms with E-state index in [4.69, 9.17) is 5.26 Å². The third kappa shape index (κ3) is 4.76. The molecule has 0 heterocycles. The lowest BCUT2D eigenvalue weighted by molar-refractivity contribution is 0.667. The van der Waals surface area contributed by atoms with Crippen molar-refractivity contribution in [2.45, 2.75) is 45.4 Å². The van der Waals surface area contributed by atoms with Crippen LogP contribution < -0.4 is 0 Å². The van der Waals surface area contributed by atoms with Crippen LogP contribution in [-0.2, 0) is 12.8 Å². The molecule has 0 atom stereocenters. The Morgan fingerprint density at radius 1 is 0.762 bits per heavy atom. The van der Waals surface area contributed by atoms with Gasteiger partial charge in [-0.3, -0.25) is 0 Å². The minimum Gasteiger partial charge on any atom is -0.198 e. The van der Waals surface area contributed by atoms with E-state index < -0.39 is 0 Å². The maximum absolute atomic E-state index is 8.69. The van der Waals surface area contributed by atoms with Gasteiger partial charge in [-0.25, -0.2) is 0 Å². The van der Waals surface area contributed by atoms with Gasteiger partial charge in [-0.2, -0.15) is 5.26 Å². The summed E-state index contributed by atoms with van der Waals surface area (Å²) in [5.74, 6) is 0. The van der Waals surface area contributed by atoms with Crippen LogP contribution in [0.3, 0.4) is 0 Å². The number of unbranched alkanes of at least 4 members (excludes halogenated alkanes) is 3. The summed E-state index contributed by atoms with van der Waals surface area (Å²) in [5.41, 5.74) is 4.97. The minimum absolute atomic E-state index is 0.483. The van der Waals surface area contributed by atoms with Gasteiger partial charge < -0.3 is 0 Å². The SMILES string of the molecule is CCCCCCc1ccc(-c2ccc(CC#N)cc2)cc1. The Morgan fingerprint density at radius 3 is 1.86 bits per heavy atom. The molecule has 21 heavy (non-hydrogen) atoms. The number of benzene rings is 2. The van der Waals surface area contributed by atoms with Crippen LogP contribution in [0.4, 0.5) is 0 Å². The molecule has 0 unspecified atom stereocenters. The van der Waals surface area contributed by atoms with Crippen LogP contribution in [0.1, 0.15) is 43.7 Å². The van der Waals surface area contributed by atoms with Crippen LogP contribution in [0, 0.1) is 11.3 Å². The molecule has 0 saturated heterocycles. The first-order valence-electron chi connectivity index (χ1n) is 7.88. The van der Waals surface area contributed by atoms with E-state index in [9.17, 15) is 0 Å². The summed E-state index contributed by atoms with van der Waals surface area (Å²) in [6, 6.07) is 19.3. The second-order valence-electron chi connectivity index (χ2n) is 5.54. The predicted octanol–water partition coefficient (Wildman–Crippen LogP) is 5.54. The number of hydrogen-bond acceptors (Lipinski definition) is 1. The molecule has 2 rings (SSSR count). The van der Waals surface area contributed by atoms with Crippen molar-refractivity contribution in [2.24, 2.45) is 0 Å². The molecule has 0 spiro atoms. The van der Waals surface area contributed by atoms with Gasteiger partial charge in [0, 0.05) is 0 Å². The van der Waals surface area contributed by atoms with E-state index >= 15 is 0 Å². The third-order valence-corrected chi connectivity index (χ3v) is 3.84. The van der Waals surface area contributed by atoms with Crippen LogP contribution in [0.5, 0.6) is 0 Å². The fourth-order valence-corrected chi connectivity index (χ4v) is 2.53. The third-order valence-electron chi connectivity index (χ3n) is 3.84. The average Bonchev–Trinajstić information content (AvgIpc) is 2.53. The van der Waals surface area contributed by atoms with Gasteiger partial charge in [0.15, 0.2) is 0 Å². The molecule has 0 bridgehead atoms. The standard InChI is InChI=1S/C20H23N/c1-2-3-4-5-6-17-7-11-19(12-8-17)20-13-9-18(10-14-20)15-16-21/h7-14H,2-6,15H2,1H3. The molecule has 1 nitrogen and oxygen atoms in total. The highest BCUT2D eigenvalue weighted by atomic mass is 14.2. The first kappa shape index (κ1) is 15.3. The van der Waals surface area contributed by atoms with Crippen molar-refractivity contribution < 1.29 is 0 Å². The largest absolute Gasteiger partial charge is 0.198 e. The van der Waals surface area contributed by atoms with E-state index in [-0.39, 0.29) is 0 Å². The maximum Gasteiger partial charge on any atom is 0.0669 e. The second-order valence-corrected chi connectivity index (χ2v) is 5.54. The molecule has 0 N–H and O–H groups in total. The van der Waals surface area contributed by atoms with Crippen LogP contribution >= 0.6 is 0 Å². The highest BCUT2D eigenvalue weighted by molar-refractivity contribution is 5.64. The van der Waals surface area contributed by atoms with Crippen molar-refractivity contribution in [1.82, 2.24) is 0 Å². The van der Waals surface area contributed by atoms with Gasteiger partial charge in [0.25, 0.3) is 0 Å². The Hall–Kier alpha value is -2.07. The molecule has 0 fully saturated rings. The smallest absolute Gasteiger partial charge is 0.0669 e. The zero-order valence-corrected chi connectivity index (χ0v) is 12.8. The lowest BCUT2D eigenvalue weighted by Gasteiger charge is -2.05. The zero-order chi connectivity index (χ0) is 14.9. The van der Waals surface area contributed by atoms with Gasteiger partial charge in [-0.05, 0) is 35.1 Å². The lowest BCUT2D eigenvalue weighted by Crippen LogP contribution is -1.87. The summed E-state index contributed by atoms with van der Waals surface area (Å²) in [4.78, 5) is 0. The molecular weight excluding hydrogens is 254 g/mol. The van der Waals surface area contributed by atoms with Crippen molar-refractivity contribution in [3.05, 3.63) is 59.7 Å². The molecule has 0 amide bonds. The van der Waals surface area contributed by atoms with Gasteiger partial charge in [-0.15, -0.1) is 0 Å². The summed E-state index contributed by atoms with van der Waals surface area (Å²) in [6.07, 6.45) is 6.92. The van der Waals surface area contributed by atoms with Crippen LogP contribution in [0.25, 0.3) is 11.1 Å². The summed E-state index contributed by atoms with van der Waals surface area (Å²) in [7, 11) is 0. The number of hydrogen-bond donors (Lipinski definition) is 0. The molecule has 0 radical (unpaired) electrons. The van der Waals surface area contributed by atoms with Crippen LogP contribution in [0.15, 0.2) is 48.5 Å². The Bertz CT molecular complexity index is 573. The highest BCUT2D eigenvalue weighted by Gasteiger charge is 1.99. The Morgan fingerprint density at radius 2 is 1.33 bits per heavy atom. The first-order chi connectivity index (χ1) is 10.3. The van der Waals surface area contributed by atoms with E-state index in [0.29, 0.717) is 6.42 Å². The number of aryl methyl sites for hydroxylation is 1. The molecule has 0 aliphatic heterocycles. The molecule has 1 heteroatoms. The molecule has 0 saturated carbocycles. The molecule has 108 valence electrons. The Balaban J connectivity index is 1.96. The van der Waals surface area contributed by atoms with Crippen molar-refractivity contribution >= 4 is 0 Å². The first-order valence-corrected chi connectivity index (χ1v) is 7.88. The van der Waals surface area contributed by atoms with Gasteiger partial charge in [0.05, 0.1) is 12.5 Å². The van der Waals surface area contributed by atoms with Crippen molar-refractivity contribution in [1.29, 1.82) is 5.26 Å². The van der Waals surface area contributed by atoms with Crippen molar-refractivity contribution in [3.8, 4) is 17.2 Å². The molecular formula is C20H23N. The topological polar surface area (TPSA) is 23.8 Å². The quantitative estimate of drug-likeness (QED) is 0.609. The number of rotatable bonds is 7. The fourth-order valence-electron chi connectivity index (χ4n) is 2.53. The van der Waals surface area contributed by atoms with Crippen molar-refractivity contribution in [2.75, 3.05) is 0 Å². The molecule has 2 aromatic carbocycles. The summed E-state index contributed by atoms with van der Waals surface area (Å²) >= 11 is 0. The monoisotopic (exact) mass is 277 g/mol. The van der Waals surface area contributed by atoms with Gasteiger partial charge in [0.1, 0.15) is 0 Å². The number of nitrogens with zero attached hydrogens (tertiary/aromatic N) is 1.